The maximum atomic E-state index is 8.21. The highest BCUT2D eigenvalue weighted by molar-refractivity contribution is 5.78. The van der Waals surface area contributed by atoms with Crippen molar-refractivity contribution in [1.82, 2.24) is 4.98 Å². The molecule has 0 aliphatic heterocycles. The lowest BCUT2D eigenvalue weighted by Gasteiger charge is -2.14. The van der Waals surface area contributed by atoms with Crippen LogP contribution in [0.3, 0.4) is 0 Å². The molecule has 1 heteroatoms. The lowest BCUT2D eigenvalue weighted by molar-refractivity contribution is 1.26. The van der Waals surface area contributed by atoms with Crippen LogP contribution >= 0.6 is 0 Å². The second kappa shape index (κ2) is 7.20. The first-order valence-electron chi connectivity index (χ1n) is 13.1. The Kier molecular flexibility index (Phi) is 2.58. The molecule has 0 atom stereocenters. The molecule has 3 aromatic carbocycles. The summed E-state index contributed by atoms with van der Waals surface area (Å²) >= 11 is 0. The fourth-order valence-electron chi connectivity index (χ4n) is 3.13. The zero-order valence-electron chi connectivity index (χ0n) is 23.5. The van der Waals surface area contributed by atoms with Crippen molar-refractivity contribution in [2.75, 3.05) is 0 Å². The van der Waals surface area contributed by atoms with E-state index in [1.54, 1.807) is 36.4 Å². The number of aryl methyl sites for hydroxylation is 3. The van der Waals surface area contributed by atoms with Gasteiger partial charge in [-0.15, -0.1) is 0 Å². The molecule has 0 unspecified atom stereocenters. The van der Waals surface area contributed by atoms with E-state index in [2.05, 4.69) is 4.98 Å². The van der Waals surface area contributed by atoms with Gasteiger partial charge in [0.15, 0.2) is 0 Å². The highest BCUT2D eigenvalue weighted by atomic mass is 14.7. The van der Waals surface area contributed by atoms with Gasteiger partial charge in [0.1, 0.15) is 0 Å². The molecule has 1 nitrogen and oxygen atoms in total. The van der Waals surface area contributed by atoms with Gasteiger partial charge in [-0.2, -0.15) is 0 Å². The topological polar surface area (TPSA) is 12.9 Å². The van der Waals surface area contributed by atoms with E-state index in [-0.39, 0.29) is 27.8 Å². The van der Waals surface area contributed by atoms with Gasteiger partial charge in [-0.3, -0.25) is 4.98 Å². The summed E-state index contributed by atoms with van der Waals surface area (Å²) < 4.78 is 72.3. The summed E-state index contributed by atoms with van der Waals surface area (Å²) in [5, 5.41) is 0. The van der Waals surface area contributed by atoms with Gasteiger partial charge >= 0.3 is 0 Å². The number of pyridine rings is 1. The van der Waals surface area contributed by atoms with Crippen LogP contribution in [0.1, 0.15) is 29.0 Å². The zero-order chi connectivity index (χ0) is 26.3. The average Bonchev–Trinajstić information content (AvgIpc) is 2.82. The molecule has 0 aliphatic carbocycles. The fraction of sp³-hybridized carbons (Fsp3) is 0.115. The maximum Gasteiger partial charge on any atom is 0.0708 e. The fourth-order valence-corrected chi connectivity index (χ4v) is 3.13. The van der Waals surface area contributed by atoms with Gasteiger partial charge in [-0.05, 0) is 65.6 Å². The van der Waals surface area contributed by atoms with Crippen LogP contribution in [-0.2, 0) is 0 Å². The van der Waals surface area contributed by atoms with E-state index in [1.165, 1.54) is 18.3 Å². The number of nitrogens with zero attached hydrogens (tertiary/aromatic N) is 1. The SMILES string of the molecule is [2H]C([2H])([2H])c1ccccc1-c1ccc(-c2cc(-c3ccccc3)ncc2C([2H])([2H])[2H])c(C([2H])([2H])[2H])c1. The molecule has 0 saturated carbocycles. The smallest absolute Gasteiger partial charge is 0.0708 e. The monoisotopic (exact) mass is 358 g/mol. The van der Waals surface area contributed by atoms with Gasteiger partial charge in [0, 0.05) is 24.1 Å². The number of hydrogen-bond donors (Lipinski definition) is 0. The number of hydrogen-bond acceptors (Lipinski definition) is 1. The Morgan fingerprint density at radius 2 is 1.37 bits per heavy atom. The molecule has 4 rings (SSSR count). The van der Waals surface area contributed by atoms with E-state index >= 15 is 0 Å². The predicted octanol–water partition coefficient (Wildman–Crippen LogP) is 7.01. The minimum absolute atomic E-state index is 0.0664. The Balaban J connectivity index is 1.99. The summed E-state index contributed by atoms with van der Waals surface area (Å²) in [7, 11) is 0. The van der Waals surface area contributed by atoms with Crippen LogP contribution in [0.2, 0.25) is 0 Å². The van der Waals surface area contributed by atoms with Gasteiger partial charge in [0.05, 0.1) is 5.69 Å². The minimum Gasteiger partial charge on any atom is -0.256 e. The molecule has 1 heterocycles. The highest BCUT2D eigenvalue weighted by Crippen LogP contribution is 2.33. The molecule has 0 bridgehead atoms. The van der Waals surface area contributed by atoms with Crippen LogP contribution in [0.5, 0.6) is 0 Å². The van der Waals surface area contributed by atoms with E-state index in [0.717, 1.165) is 5.56 Å². The minimum atomic E-state index is -2.59. The molecule has 0 amide bonds. The first kappa shape index (κ1) is 9.66. The molecule has 0 radical (unpaired) electrons. The lowest BCUT2D eigenvalue weighted by Crippen LogP contribution is -1.92. The molecule has 27 heavy (non-hydrogen) atoms. The van der Waals surface area contributed by atoms with E-state index < -0.39 is 20.6 Å². The van der Waals surface area contributed by atoms with Crippen LogP contribution in [-0.4, -0.2) is 4.98 Å². The van der Waals surface area contributed by atoms with E-state index in [1.807, 2.05) is 30.3 Å². The molecule has 0 saturated heterocycles. The Labute approximate surface area is 174 Å². The number of aromatic nitrogens is 1. The molecular formula is C26H23N. The summed E-state index contributed by atoms with van der Waals surface area (Å²) in [6.45, 7) is -7.52. The molecule has 0 spiro atoms. The second-order valence-electron chi connectivity index (χ2n) is 6.29. The third-order valence-electron chi connectivity index (χ3n) is 4.52. The van der Waals surface area contributed by atoms with Crippen molar-refractivity contribution in [2.45, 2.75) is 20.6 Å². The van der Waals surface area contributed by atoms with Crippen LogP contribution < -0.4 is 0 Å². The Morgan fingerprint density at radius 3 is 2.19 bits per heavy atom. The lowest BCUT2D eigenvalue weighted by atomic mass is 9.92. The first-order valence-corrected chi connectivity index (χ1v) is 8.57. The summed E-state index contributed by atoms with van der Waals surface area (Å²) in [6, 6.07) is 21.8. The quantitative estimate of drug-likeness (QED) is 0.384. The average molecular weight is 359 g/mol. The summed E-state index contributed by atoms with van der Waals surface area (Å²) in [5.74, 6) is 0. The molecule has 0 N–H and O–H groups in total. The van der Waals surface area contributed by atoms with Crippen LogP contribution in [0.25, 0.3) is 33.5 Å². The van der Waals surface area contributed by atoms with Gasteiger partial charge in [-0.25, -0.2) is 0 Å². The van der Waals surface area contributed by atoms with E-state index in [9.17, 15) is 0 Å². The first-order chi connectivity index (χ1) is 16.8. The maximum absolute atomic E-state index is 8.21. The molecule has 4 aromatic rings. The Hall–Kier alpha value is -3.19. The molecule has 0 aliphatic rings. The molecule has 1 aromatic heterocycles. The van der Waals surface area contributed by atoms with Crippen molar-refractivity contribution in [2.24, 2.45) is 0 Å². The molecular weight excluding hydrogens is 326 g/mol. The van der Waals surface area contributed by atoms with Gasteiger partial charge < -0.3 is 0 Å². The van der Waals surface area contributed by atoms with Crippen LogP contribution in [0, 0.1) is 20.6 Å². The molecule has 0 fully saturated rings. The normalized spacial score (nSPS) is 17.1. The summed E-state index contributed by atoms with van der Waals surface area (Å²) in [4.78, 5) is 4.33. The Bertz CT molecular complexity index is 1390. The highest BCUT2D eigenvalue weighted by Gasteiger charge is 2.10. The number of benzene rings is 3. The summed E-state index contributed by atoms with van der Waals surface area (Å²) in [5.41, 5.74) is 2.52. The van der Waals surface area contributed by atoms with Crippen molar-refractivity contribution in [3.05, 3.63) is 102 Å². The predicted molar refractivity (Wildman–Crippen MR) is 115 cm³/mol. The summed E-state index contributed by atoms with van der Waals surface area (Å²) in [6.07, 6.45) is 1.27. The molecule has 132 valence electrons. The van der Waals surface area contributed by atoms with Crippen LogP contribution in [0.4, 0.5) is 0 Å². The third-order valence-corrected chi connectivity index (χ3v) is 4.52. The number of rotatable bonds is 3. The Morgan fingerprint density at radius 1 is 0.593 bits per heavy atom. The zero-order valence-corrected chi connectivity index (χ0v) is 14.5. The largest absolute Gasteiger partial charge is 0.256 e. The van der Waals surface area contributed by atoms with Gasteiger partial charge in [0.2, 0.25) is 0 Å². The van der Waals surface area contributed by atoms with Crippen molar-refractivity contribution in [3.63, 3.8) is 0 Å². The van der Waals surface area contributed by atoms with Gasteiger partial charge in [-0.1, -0.05) is 72.8 Å². The van der Waals surface area contributed by atoms with E-state index in [0.29, 0.717) is 16.8 Å². The van der Waals surface area contributed by atoms with Gasteiger partial charge in [0.25, 0.3) is 0 Å². The standard InChI is InChI=1S/C26H23N/c1-18-9-7-8-12-23(18)22-13-14-24(19(2)15-22)25-16-26(27-17-20(25)3)21-10-5-4-6-11-21/h4-17H,1-3H3/i1D3,2D3,3D3. The third kappa shape index (κ3) is 3.41. The van der Waals surface area contributed by atoms with Crippen molar-refractivity contribution in [3.8, 4) is 33.5 Å². The van der Waals surface area contributed by atoms with Crippen molar-refractivity contribution >= 4 is 0 Å². The van der Waals surface area contributed by atoms with Crippen molar-refractivity contribution < 1.29 is 12.3 Å². The van der Waals surface area contributed by atoms with Crippen molar-refractivity contribution in [1.29, 1.82) is 0 Å². The second-order valence-corrected chi connectivity index (χ2v) is 6.29. The van der Waals surface area contributed by atoms with Crippen LogP contribution in [0.15, 0.2) is 85.1 Å². The van der Waals surface area contributed by atoms with E-state index in [4.69, 9.17) is 12.3 Å².